The van der Waals surface area contributed by atoms with E-state index >= 15 is 0 Å². The number of nitrogens with zero attached hydrogens (tertiary/aromatic N) is 2. The highest BCUT2D eigenvalue weighted by atomic mass is 35.5. The van der Waals surface area contributed by atoms with Crippen molar-refractivity contribution < 1.29 is 8.42 Å². The summed E-state index contributed by atoms with van der Waals surface area (Å²) < 4.78 is 30.1. The lowest BCUT2D eigenvalue weighted by atomic mass is 9.95. The first-order valence-electron chi connectivity index (χ1n) is 10.2. The Bertz CT molecular complexity index is 1500. The molecule has 0 N–H and O–H groups in total. The first kappa shape index (κ1) is 21.8. The molecule has 0 unspecified atom stereocenters. The number of hydrogen-bond acceptors (Lipinski definition) is 3. The molecular weight excluding hydrogens is 479 g/mol. The van der Waals surface area contributed by atoms with E-state index in [0.29, 0.717) is 27.0 Å². The van der Waals surface area contributed by atoms with Crippen LogP contribution in [0.25, 0.3) is 22.3 Å². The van der Waals surface area contributed by atoms with Crippen LogP contribution in [-0.4, -0.2) is 19.5 Å². The summed E-state index contributed by atoms with van der Waals surface area (Å²) >= 11 is 12.2. The number of benzene rings is 3. The Morgan fingerprint density at radius 2 is 1.30 bits per heavy atom. The minimum Gasteiger partial charge on any atom is -0.292 e. The molecule has 5 rings (SSSR count). The molecule has 1 aliphatic rings. The molecule has 0 fully saturated rings. The lowest BCUT2D eigenvalue weighted by Crippen LogP contribution is -2.30. The monoisotopic (exact) mass is 496 g/mol. The molecule has 166 valence electrons. The van der Waals surface area contributed by atoms with Gasteiger partial charge in [-0.2, -0.15) is 0 Å². The Kier molecular flexibility index (Phi) is 5.52. The van der Waals surface area contributed by atoms with Gasteiger partial charge in [0.1, 0.15) is 5.82 Å². The third kappa shape index (κ3) is 3.84. The molecule has 5 nitrogen and oxygen atoms in total. The van der Waals surface area contributed by atoms with Crippen molar-refractivity contribution in [2.75, 3.05) is 10.8 Å². The highest BCUT2D eigenvalue weighted by molar-refractivity contribution is 7.92. The molecule has 0 saturated carbocycles. The Labute approximate surface area is 201 Å². The molecule has 0 atom stereocenters. The van der Waals surface area contributed by atoms with Gasteiger partial charge in [-0.1, -0.05) is 65.7 Å². The van der Waals surface area contributed by atoms with Crippen molar-refractivity contribution in [2.45, 2.75) is 11.4 Å². The van der Waals surface area contributed by atoms with Crippen LogP contribution < -0.4 is 9.86 Å². The zero-order valence-corrected chi connectivity index (χ0v) is 19.6. The van der Waals surface area contributed by atoms with Crippen molar-refractivity contribution >= 4 is 39.0 Å². The van der Waals surface area contributed by atoms with Crippen molar-refractivity contribution in [1.29, 1.82) is 0 Å². The SMILES string of the molecule is O=c1cc(-c2ccc(Cl)cc2)c(-c2ccc(Cl)cc2)c2n1CCN2S(=O)(=O)c1ccccc1. The second-order valence-corrected chi connectivity index (χ2v) is 10.4. The molecule has 33 heavy (non-hydrogen) atoms. The van der Waals surface area contributed by atoms with Crippen molar-refractivity contribution in [3.8, 4) is 22.3 Å². The van der Waals surface area contributed by atoms with Crippen LogP contribution in [0.1, 0.15) is 0 Å². The summed E-state index contributed by atoms with van der Waals surface area (Å²) in [7, 11) is -3.89. The maximum atomic E-state index is 13.6. The number of rotatable bonds is 4. The Balaban J connectivity index is 1.82. The van der Waals surface area contributed by atoms with Gasteiger partial charge in [0.2, 0.25) is 0 Å². The largest absolute Gasteiger partial charge is 0.292 e. The smallest absolute Gasteiger partial charge is 0.265 e. The second kappa shape index (κ2) is 8.37. The summed E-state index contributed by atoms with van der Waals surface area (Å²) in [5.41, 5.74) is 2.52. The van der Waals surface area contributed by atoms with Crippen molar-refractivity contribution in [3.05, 3.63) is 105 Å². The highest BCUT2D eigenvalue weighted by Crippen LogP contribution is 2.42. The van der Waals surface area contributed by atoms with Gasteiger partial charge in [-0.05, 0) is 53.1 Å². The molecule has 0 saturated heterocycles. The molecule has 4 aromatic rings. The molecule has 1 aliphatic heterocycles. The molecule has 0 radical (unpaired) electrons. The maximum Gasteiger partial charge on any atom is 0.265 e. The first-order valence-corrected chi connectivity index (χ1v) is 12.4. The first-order chi connectivity index (χ1) is 15.9. The minimum absolute atomic E-state index is 0.164. The van der Waals surface area contributed by atoms with Crippen LogP contribution in [0.4, 0.5) is 5.82 Å². The van der Waals surface area contributed by atoms with E-state index in [1.54, 1.807) is 60.7 Å². The van der Waals surface area contributed by atoms with Gasteiger partial charge in [0.05, 0.1) is 11.4 Å². The van der Waals surface area contributed by atoms with E-state index in [4.69, 9.17) is 23.2 Å². The van der Waals surface area contributed by atoms with Crippen LogP contribution >= 0.6 is 23.2 Å². The number of fused-ring (bicyclic) bond motifs is 1. The molecule has 1 aromatic heterocycles. The zero-order valence-electron chi connectivity index (χ0n) is 17.3. The van der Waals surface area contributed by atoms with Gasteiger partial charge >= 0.3 is 0 Å². The van der Waals surface area contributed by atoms with Crippen molar-refractivity contribution in [1.82, 2.24) is 4.57 Å². The fraction of sp³-hybridized carbons (Fsp3) is 0.0800. The molecule has 2 heterocycles. The molecule has 0 spiro atoms. The van der Waals surface area contributed by atoms with Gasteiger partial charge in [0, 0.05) is 28.2 Å². The topological polar surface area (TPSA) is 59.4 Å². The van der Waals surface area contributed by atoms with Crippen LogP contribution in [0, 0.1) is 0 Å². The fourth-order valence-electron chi connectivity index (χ4n) is 4.12. The third-order valence-electron chi connectivity index (χ3n) is 5.66. The lowest BCUT2D eigenvalue weighted by molar-refractivity contribution is 0.592. The Morgan fingerprint density at radius 3 is 1.91 bits per heavy atom. The molecule has 8 heteroatoms. The normalized spacial score (nSPS) is 13.2. The predicted octanol–water partition coefficient (Wildman–Crippen LogP) is 5.70. The number of halogens is 2. The van der Waals surface area contributed by atoms with Gasteiger partial charge in [0.25, 0.3) is 15.6 Å². The maximum absolute atomic E-state index is 13.6. The molecule has 0 amide bonds. The summed E-state index contributed by atoms with van der Waals surface area (Å²) in [5.74, 6) is 0.346. The number of anilines is 1. The number of pyridine rings is 1. The summed E-state index contributed by atoms with van der Waals surface area (Å²) in [6.45, 7) is 0.429. The number of sulfonamides is 1. The summed E-state index contributed by atoms with van der Waals surface area (Å²) in [6, 6.07) is 24.1. The summed E-state index contributed by atoms with van der Waals surface area (Å²) in [6.07, 6.45) is 0. The van der Waals surface area contributed by atoms with Crippen LogP contribution in [0.5, 0.6) is 0 Å². The zero-order chi connectivity index (χ0) is 23.2. The summed E-state index contributed by atoms with van der Waals surface area (Å²) in [4.78, 5) is 13.3. The fourth-order valence-corrected chi connectivity index (χ4v) is 5.86. The van der Waals surface area contributed by atoms with Crippen LogP contribution in [-0.2, 0) is 16.6 Å². The van der Waals surface area contributed by atoms with Gasteiger partial charge in [0.15, 0.2) is 0 Å². The van der Waals surface area contributed by atoms with Crippen molar-refractivity contribution in [3.63, 3.8) is 0 Å². The molecule has 0 aliphatic carbocycles. The molecule has 0 bridgehead atoms. The number of hydrogen-bond donors (Lipinski definition) is 0. The average Bonchev–Trinajstić information content (AvgIpc) is 3.28. The van der Waals surface area contributed by atoms with E-state index in [1.165, 1.54) is 8.87 Å². The second-order valence-electron chi connectivity index (χ2n) is 7.65. The van der Waals surface area contributed by atoms with Gasteiger partial charge in [-0.3, -0.25) is 9.36 Å². The third-order valence-corrected chi connectivity index (χ3v) is 7.97. The summed E-state index contributed by atoms with van der Waals surface area (Å²) in [5, 5.41) is 1.13. The van der Waals surface area contributed by atoms with E-state index in [9.17, 15) is 13.2 Å². The molecular formula is C25H18Cl2N2O3S. The van der Waals surface area contributed by atoms with Crippen LogP contribution in [0.3, 0.4) is 0 Å². The minimum atomic E-state index is -3.89. The average molecular weight is 497 g/mol. The van der Waals surface area contributed by atoms with E-state index < -0.39 is 10.0 Å². The quantitative estimate of drug-likeness (QED) is 0.364. The molecule has 3 aromatic carbocycles. The predicted molar refractivity (Wildman–Crippen MR) is 133 cm³/mol. The highest BCUT2D eigenvalue weighted by Gasteiger charge is 2.35. The van der Waals surface area contributed by atoms with E-state index in [2.05, 4.69) is 0 Å². The van der Waals surface area contributed by atoms with Crippen molar-refractivity contribution in [2.24, 2.45) is 0 Å². The van der Waals surface area contributed by atoms with Gasteiger partial charge in [-0.15, -0.1) is 0 Å². The Hall–Kier alpha value is -3.06. The van der Waals surface area contributed by atoms with E-state index in [-0.39, 0.29) is 23.5 Å². The lowest BCUT2D eigenvalue weighted by Gasteiger charge is -2.23. The van der Waals surface area contributed by atoms with E-state index in [1.807, 2.05) is 24.3 Å². The standard InChI is InChI=1S/C25H18Cl2N2O3S/c26-19-10-6-17(7-11-19)22-16-23(30)28-14-15-29(33(31,32)21-4-2-1-3-5-21)25(28)24(22)18-8-12-20(27)13-9-18/h1-13,16H,14-15H2. The Morgan fingerprint density at radius 1 is 0.727 bits per heavy atom. The number of aromatic nitrogens is 1. The van der Waals surface area contributed by atoms with E-state index in [0.717, 1.165) is 11.1 Å². The van der Waals surface area contributed by atoms with Gasteiger partial charge in [-0.25, -0.2) is 12.7 Å². The van der Waals surface area contributed by atoms with Gasteiger partial charge < -0.3 is 0 Å². The van der Waals surface area contributed by atoms with Crippen LogP contribution in [0.15, 0.2) is 94.6 Å². The van der Waals surface area contributed by atoms with Crippen LogP contribution in [0.2, 0.25) is 10.0 Å².